The van der Waals surface area contributed by atoms with Crippen molar-refractivity contribution in [1.29, 1.82) is 0 Å². The Morgan fingerprint density at radius 2 is 1.79 bits per heavy atom. The average molecular weight is 421 g/mol. The van der Waals surface area contributed by atoms with Crippen molar-refractivity contribution in [3.63, 3.8) is 0 Å². The molecule has 0 fully saturated rings. The van der Waals surface area contributed by atoms with Gasteiger partial charge in [-0.1, -0.05) is 44.2 Å². The molecule has 1 atom stereocenters. The van der Waals surface area contributed by atoms with E-state index in [1.807, 2.05) is 23.5 Å². The first kappa shape index (κ1) is 22.9. The van der Waals surface area contributed by atoms with Crippen molar-refractivity contribution in [2.75, 3.05) is 33.1 Å². The zero-order chi connectivity index (χ0) is 21.6. The van der Waals surface area contributed by atoms with Crippen LogP contribution in [0.25, 0.3) is 0 Å². The highest BCUT2D eigenvalue weighted by Crippen LogP contribution is 2.28. The third kappa shape index (κ3) is 5.79. The highest BCUT2D eigenvalue weighted by atomic mass is 32.2. The molecule has 0 unspecified atom stereocenters. The number of carbonyl (C=O) groups excluding carboxylic acids is 1. The van der Waals surface area contributed by atoms with E-state index in [4.69, 9.17) is 4.74 Å². The Bertz CT molecular complexity index is 928. The van der Waals surface area contributed by atoms with Crippen LogP contribution in [-0.2, 0) is 14.8 Å². The van der Waals surface area contributed by atoms with Gasteiger partial charge in [-0.3, -0.25) is 4.79 Å². The molecule has 3 N–H and O–H groups in total. The van der Waals surface area contributed by atoms with Crippen molar-refractivity contribution < 1.29 is 23.3 Å². The second-order valence-corrected chi connectivity index (χ2v) is 9.44. The largest absolute Gasteiger partial charge is 0.495 e. The molecule has 7 nitrogen and oxygen atoms in total. The van der Waals surface area contributed by atoms with Crippen LogP contribution in [0.2, 0.25) is 0 Å². The SMILES string of the molecule is COc1ccc(NC(=O)C[NH2+][C@H](c2ccccc2)C(C)C)cc1S(=O)(=O)N(C)C. The molecule has 0 radical (unpaired) electrons. The number of benzene rings is 2. The summed E-state index contributed by atoms with van der Waals surface area (Å²) in [5.41, 5.74) is 1.57. The maximum absolute atomic E-state index is 12.5. The average Bonchev–Trinajstić information content (AvgIpc) is 2.68. The molecule has 2 aromatic rings. The van der Waals surface area contributed by atoms with Gasteiger partial charge in [0, 0.05) is 31.3 Å². The fourth-order valence-corrected chi connectivity index (χ4v) is 4.14. The Kier molecular flexibility index (Phi) is 7.78. The first-order valence-corrected chi connectivity index (χ1v) is 10.9. The number of anilines is 1. The number of nitrogens with one attached hydrogen (secondary N) is 1. The Morgan fingerprint density at radius 3 is 2.34 bits per heavy atom. The van der Waals surface area contributed by atoms with Gasteiger partial charge in [0.05, 0.1) is 7.11 Å². The van der Waals surface area contributed by atoms with E-state index >= 15 is 0 Å². The van der Waals surface area contributed by atoms with Crippen LogP contribution in [0.3, 0.4) is 0 Å². The summed E-state index contributed by atoms with van der Waals surface area (Å²) in [6.07, 6.45) is 0. The highest BCUT2D eigenvalue weighted by molar-refractivity contribution is 7.89. The summed E-state index contributed by atoms with van der Waals surface area (Å²) in [5.74, 6) is 0.375. The quantitative estimate of drug-likeness (QED) is 0.648. The maximum Gasteiger partial charge on any atom is 0.279 e. The Morgan fingerprint density at radius 1 is 1.14 bits per heavy atom. The monoisotopic (exact) mass is 420 g/mol. The van der Waals surface area contributed by atoms with E-state index < -0.39 is 10.0 Å². The fraction of sp³-hybridized carbons (Fsp3) is 0.381. The van der Waals surface area contributed by atoms with Crippen LogP contribution >= 0.6 is 0 Å². The van der Waals surface area contributed by atoms with Crippen LogP contribution in [0, 0.1) is 5.92 Å². The molecular formula is C21H30N3O4S+. The summed E-state index contributed by atoms with van der Waals surface area (Å²) in [7, 11) is 0.606. The van der Waals surface area contributed by atoms with Gasteiger partial charge in [-0.15, -0.1) is 0 Å². The number of hydrogen-bond donors (Lipinski definition) is 2. The first-order chi connectivity index (χ1) is 13.7. The van der Waals surface area contributed by atoms with Gasteiger partial charge < -0.3 is 15.4 Å². The van der Waals surface area contributed by atoms with Crippen molar-refractivity contribution in [2.45, 2.75) is 24.8 Å². The molecule has 2 aromatic carbocycles. The van der Waals surface area contributed by atoms with E-state index in [1.54, 1.807) is 6.07 Å². The molecule has 0 aliphatic heterocycles. The van der Waals surface area contributed by atoms with Crippen molar-refractivity contribution >= 4 is 21.6 Å². The van der Waals surface area contributed by atoms with E-state index in [9.17, 15) is 13.2 Å². The molecule has 0 saturated heterocycles. The molecule has 2 rings (SSSR count). The van der Waals surface area contributed by atoms with Crippen LogP contribution in [-0.4, -0.2) is 46.4 Å². The molecule has 0 aliphatic carbocycles. The number of quaternary nitrogens is 1. The molecule has 29 heavy (non-hydrogen) atoms. The molecule has 0 heterocycles. The second kappa shape index (κ2) is 9.87. The second-order valence-electron chi connectivity index (χ2n) is 7.32. The summed E-state index contributed by atoms with van der Waals surface area (Å²) < 4.78 is 31.3. The number of nitrogens with two attached hydrogens (primary N) is 1. The Hall–Kier alpha value is -2.42. The summed E-state index contributed by atoms with van der Waals surface area (Å²) in [6.45, 7) is 4.46. The maximum atomic E-state index is 12.5. The lowest BCUT2D eigenvalue weighted by Crippen LogP contribution is -2.88. The third-order valence-corrected chi connectivity index (χ3v) is 6.50. The number of ether oxygens (including phenoxy) is 1. The highest BCUT2D eigenvalue weighted by Gasteiger charge is 2.24. The Balaban J connectivity index is 2.12. The molecule has 0 spiro atoms. The fourth-order valence-electron chi connectivity index (χ4n) is 3.07. The predicted molar refractivity (Wildman–Crippen MR) is 113 cm³/mol. The van der Waals surface area contributed by atoms with Gasteiger partial charge in [0.2, 0.25) is 10.0 Å². The summed E-state index contributed by atoms with van der Waals surface area (Å²) in [6, 6.07) is 14.8. The van der Waals surface area contributed by atoms with Gasteiger partial charge in [0.15, 0.2) is 6.54 Å². The van der Waals surface area contributed by atoms with Crippen LogP contribution in [0.15, 0.2) is 53.4 Å². The van der Waals surface area contributed by atoms with E-state index in [2.05, 4.69) is 31.3 Å². The van der Waals surface area contributed by atoms with Gasteiger partial charge in [-0.25, -0.2) is 12.7 Å². The van der Waals surface area contributed by atoms with Crippen molar-refractivity contribution in [3.05, 3.63) is 54.1 Å². The minimum atomic E-state index is -3.70. The third-order valence-electron chi connectivity index (χ3n) is 4.67. The Labute approximate surface area is 173 Å². The van der Waals surface area contributed by atoms with Gasteiger partial charge in [-0.05, 0) is 18.2 Å². The molecule has 0 saturated carbocycles. The van der Waals surface area contributed by atoms with Crippen LogP contribution in [0.5, 0.6) is 5.75 Å². The van der Waals surface area contributed by atoms with Gasteiger partial charge in [-0.2, -0.15) is 0 Å². The van der Waals surface area contributed by atoms with E-state index in [0.717, 1.165) is 4.31 Å². The van der Waals surface area contributed by atoms with E-state index in [0.29, 0.717) is 11.6 Å². The van der Waals surface area contributed by atoms with Gasteiger partial charge in [0.1, 0.15) is 16.7 Å². The van der Waals surface area contributed by atoms with Crippen molar-refractivity contribution in [3.8, 4) is 5.75 Å². The number of hydrogen-bond acceptors (Lipinski definition) is 4. The number of amides is 1. The van der Waals surface area contributed by atoms with Crippen molar-refractivity contribution in [2.24, 2.45) is 5.92 Å². The van der Waals surface area contributed by atoms with Crippen LogP contribution in [0.1, 0.15) is 25.5 Å². The van der Waals surface area contributed by atoms with Crippen molar-refractivity contribution in [1.82, 2.24) is 4.31 Å². The number of rotatable bonds is 9. The lowest BCUT2D eigenvalue weighted by atomic mass is 9.96. The number of methoxy groups -OCH3 is 1. The first-order valence-electron chi connectivity index (χ1n) is 9.45. The summed E-state index contributed by atoms with van der Waals surface area (Å²) >= 11 is 0. The zero-order valence-electron chi connectivity index (χ0n) is 17.5. The smallest absolute Gasteiger partial charge is 0.279 e. The molecule has 0 aromatic heterocycles. The summed E-state index contributed by atoms with van der Waals surface area (Å²) in [4.78, 5) is 12.5. The van der Waals surface area contributed by atoms with Gasteiger partial charge in [0.25, 0.3) is 5.91 Å². The number of nitrogens with zero attached hydrogens (tertiary/aromatic N) is 1. The molecule has 8 heteroatoms. The lowest BCUT2D eigenvalue weighted by Gasteiger charge is -2.19. The lowest BCUT2D eigenvalue weighted by molar-refractivity contribution is -0.692. The number of carbonyl (C=O) groups is 1. The summed E-state index contributed by atoms with van der Waals surface area (Å²) in [5, 5.41) is 4.78. The zero-order valence-corrected chi connectivity index (χ0v) is 18.4. The van der Waals surface area contributed by atoms with Crippen LogP contribution in [0.4, 0.5) is 5.69 Å². The standard InChI is InChI=1S/C21H29N3O4S/c1-15(2)21(16-9-7-6-8-10-16)22-14-20(25)23-17-11-12-18(28-5)19(13-17)29(26,27)24(3)4/h6-13,15,21-22H,14H2,1-5H3,(H,23,25)/p+1/t21-/m0/s1. The van der Waals surface area contributed by atoms with Crippen LogP contribution < -0.4 is 15.4 Å². The normalized spacial score (nSPS) is 12.8. The van der Waals surface area contributed by atoms with E-state index in [1.165, 1.54) is 38.9 Å². The molecule has 0 aliphatic rings. The van der Waals surface area contributed by atoms with Gasteiger partial charge >= 0.3 is 0 Å². The topological polar surface area (TPSA) is 92.3 Å². The predicted octanol–water partition coefficient (Wildman–Crippen LogP) is 1.84. The minimum Gasteiger partial charge on any atom is -0.495 e. The minimum absolute atomic E-state index is 0.0103. The number of sulfonamides is 1. The molecule has 158 valence electrons. The molecule has 1 amide bonds. The van der Waals surface area contributed by atoms with E-state index in [-0.39, 0.29) is 29.1 Å². The molecular weight excluding hydrogens is 390 g/mol. The molecule has 0 bridgehead atoms.